The molecular formula is C14H16BrClN3OP. The predicted molar refractivity (Wildman–Crippen MR) is 93.0 cm³/mol. The number of nitrogens with zero attached hydrogens (tertiary/aromatic N) is 2. The maximum absolute atomic E-state index is 12.6. The molecule has 0 saturated carbocycles. The quantitative estimate of drug-likeness (QED) is 0.621. The normalized spacial score (nSPS) is 11.5. The van der Waals surface area contributed by atoms with Gasteiger partial charge in [0.2, 0.25) is 5.28 Å². The fourth-order valence-corrected chi connectivity index (χ4v) is 4.27. The van der Waals surface area contributed by atoms with E-state index in [9.17, 15) is 4.57 Å². The Morgan fingerprint density at radius 2 is 1.95 bits per heavy atom. The van der Waals surface area contributed by atoms with Gasteiger partial charge in [0.15, 0.2) is 0 Å². The van der Waals surface area contributed by atoms with Gasteiger partial charge in [-0.05, 0) is 71.9 Å². The van der Waals surface area contributed by atoms with E-state index in [1.165, 1.54) is 0 Å². The molecule has 21 heavy (non-hydrogen) atoms. The molecule has 1 heterocycles. The monoisotopic (exact) mass is 387 g/mol. The number of anilines is 2. The summed E-state index contributed by atoms with van der Waals surface area (Å²) < 4.78 is 13.3. The molecule has 0 bridgehead atoms. The third-order valence-corrected chi connectivity index (χ3v) is 5.62. The van der Waals surface area contributed by atoms with Crippen LogP contribution in [0.15, 0.2) is 22.8 Å². The Labute approximate surface area is 137 Å². The van der Waals surface area contributed by atoms with Crippen LogP contribution >= 0.6 is 34.7 Å². The van der Waals surface area contributed by atoms with Crippen LogP contribution in [0.25, 0.3) is 0 Å². The highest BCUT2D eigenvalue weighted by Crippen LogP contribution is 2.40. The van der Waals surface area contributed by atoms with Crippen LogP contribution in [-0.2, 0) is 4.57 Å². The summed E-state index contributed by atoms with van der Waals surface area (Å²) >= 11 is 9.21. The van der Waals surface area contributed by atoms with Gasteiger partial charge in [-0.15, -0.1) is 0 Å². The summed E-state index contributed by atoms with van der Waals surface area (Å²) in [5.41, 5.74) is 2.92. The van der Waals surface area contributed by atoms with Crippen molar-refractivity contribution in [3.05, 3.63) is 39.2 Å². The van der Waals surface area contributed by atoms with Crippen LogP contribution in [-0.4, -0.2) is 23.3 Å². The molecule has 0 aliphatic heterocycles. The van der Waals surface area contributed by atoms with Crippen molar-refractivity contribution in [3.63, 3.8) is 0 Å². The van der Waals surface area contributed by atoms with Crippen LogP contribution in [0.4, 0.5) is 11.5 Å². The molecule has 4 nitrogen and oxygen atoms in total. The topological polar surface area (TPSA) is 54.9 Å². The molecule has 0 spiro atoms. The lowest BCUT2D eigenvalue weighted by Crippen LogP contribution is -2.15. The van der Waals surface area contributed by atoms with E-state index in [2.05, 4.69) is 31.2 Å². The van der Waals surface area contributed by atoms with Gasteiger partial charge in [-0.2, -0.15) is 4.98 Å². The molecule has 7 heteroatoms. The lowest BCUT2D eigenvalue weighted by Gasteiger charge is -2.19. The minimum atomic E-state index is -2.44. The summed E-state index contributed by atoms with van der Waals surface area (Å²) in [4.78, 5) is 8.05. The summed E-state index contributed by atoms with van der Waals surface area (Å²) in [6, 6.07) is 3.91. The Hall–Kier alpha value is -0.900. The molecule has 0 amide bonds. The van der Waals surface area contributed by atoms with Gasteiger partial charge >= 0.3 is 0 Å². The van der Waals surface area contributed by atoms with Crippen LogP contribution < -0.4 is 10.6 Å². The molecule has 0 fully saturated rings. The van der Waals surface area contributed by atoms with E-state index in [4.69, 9.17) is 11.6 Å². The average molecular weight is 389 g/mol. The van der Waals surface area contributed by atoms with Crippen molar-refractivity contribution >= 4 is 51.5 Å². The van der Waals surface area contributed by atoms with Crippen molar-refractivity contribution in [2.24, 2.45) is 0 Å². The predicted octanol–water partition coefficient (Wildman–Crippen LogP) is 4.50. The Morgan fingerprint density at radius 3 is 2.57 bits per heavy atom. The van der Waals surface area contributed by atoms with Crippen molar-refractivity contribution in [1.82, 2.24) is 9.97 Å². The summed E-state index contributed by atoms with van der Waals surface area (Å²) in [6.45, 7) is 7.52. The standard InChI is InChI=1S/C14H16BrClN3OP/c1-8-5-6-11(12(9(8)2)21(3,4)20)18-13-10(15)7-17-14(16)19-13/h5-7H,1-4H3,(H,17,18,19). The summed E-state index contributed by atoms with van der Waals surface area (Å²) in [7, 11) is -2.44. The molecule has 0 aliphatic rings. The van der Waals surface area contributed by atoms with E-state index < -0.39 is 7.14 Å². The molecule has 0 saturated heterocycles. The molecule has 0 radical (unpaired) electrons. The lowest BCUT2D eigenvalue weighted by atomic mass is 10.1. The molecule has 2 aromatic rings. The van der Waals surface area contributed by atoms with Crippen LogP contribution in [0, 0.1) is 13.8 Å². The minimum absolute atomic E-state index is 0.155. The van der Waals surface area contributed by atoms with Crippen molar-refractivity contribution in [3.8, 4) is 0 Å². The van der Waals surface area contributed by atoms with Crippen molar-refractivity contribution < 1.29 is 4.57 Å². The number of benzene rings is 1. The van der Waals surface area contributed by atoms with Gasteiger partial charge in [0, 0.05) is 11.5 Å². The third-order valence-electron chi connectivity index (χ3n) is 3.21. The van der Waals surface area contributed by atoms with Gasteiger partial charge in [0.1, 0.15) is 13.0 Å². The van der Waals surface area contributed by atoms with Crippen molar-refractivity contribution in [2.45, 2.75) is 13.8 Å². The molecule has 1 aromatic carbocycles. The molecule has 0 unspecified atom stereocenters. The first-order valence-electron chi connectivity index (χ1n) is 6.31. The maximum Gasteiger partial charge on any atom is 0.224 e. The van der Waals surface area contributed by atoms with Crippen LogP contribution in [0.1, 0.15) is 11.1 Å². The van der Waals surface area contributed by atoms with E-state index in [-0.39, 0.29) is 5.28 Å². The van der Waals surface area contributed by atoms with Gasteiger partial charge in [-0.3, -0.25) is 0 Å². The van der Waals surface area contributed by atoms with Crippen LogP contribution in [0.3, 0.4) is 0 Å². The highest BCUT2D eigenvalue weighted by molar-refractivity contribution is 9.10. The zero-order valence-corrected chi connectivity index (χ0v) is 15.5. The second kappa shape index (κ2) is 6.07. The van der Waals surface area contributed by atoms with Crippen LogP contribution in [0.2, 0.25) is 5.28 Å². The van der Waals surface area contributed by atoms with E-state index in [1.807, 2.05) is 26.0 Å². The summed E-state index contributed by atoms with van der Waals surface area (Å²) in [5.74, 6) is 0.549. The van der Waals surface area contributed by atoms with Gasteiger partial charge in [0.25, 0.3) is 0 Å². The van der Waals surface area contributed by atoms with Gasteiger partial charge in [-0.1, -0.05) is 6.07 Å². The summed E-state index contributed by atoms with van der Waals surface area (Å²) in [6.07, 6.45) is 1.58. The van der Waals surface area contributed by atoms with Gasteiger partial charge in [0.05, 0.1) is 10.2 Å². The third kappa shape index (κ3) is 3.65. The van der Waals surface area contributed by atoms with Crippen LogP contribution in [0.5, 0.6) is 0 Å². The zero-order chi connectivity index (χ0) is 15.8. The first-order valence-corrected chi connectivity index (χ1v) is 10.1. The van der Waals surface area contributed by atoms with E-state index in [0.717, 1.165) is 22.1 Å². The van der Waals surface area contributed by atoms with E-state index in [1.54, 1.807) is 19.5 Å². The van der Waals surface area contributed by atoms with Crippen molar-refractivity contribution in [2.75, 3.05) is 18.6 Å². The molecule has 2 rings (SSSR count). The Morgan fingerprint density at radius 1 is 1.29 bits per heavy atom. The number of hydrogen-bond donors (Lipinski definition) is 1. The molecule has 112 valence electrons. The highest BCUT2D eigenvalue weighted by Gasteiger charge is 2.21. The fourth-order valence-electron chi connectivity index (χ4n) is 2.16. The van der Waals surface area contributed by atoms with E-state index in [0.29, 0.717) is 10.3 Å². The maximum atomic E-state index is 12.6. The Kier molecular flexibility index (Phi) is 4.76. The van der Waals surface area contributed by atoms with E-state index >= 15 is 0 Å². The highest BCUT2D eigenvalue weighted by atomic mass is 79.9. The zero-order valence-electron chi connectivity index (χ0n) is 12.2. The smallest absolute Gasteiger partial charge is 0.224 e. The SMILES string of the molecule is Cc1ccc(Nc2nc(Cl)ncc2Br)c(P(C)(C)=O)c1C. The number of aromatic nitrogens is 2. The first kappa shape index (κ1) is 16.5. The van der Waals surface area contributed by atoms with Crippen molar-refractivity contribution in [1.29, 1.82) is 0 Å². The van der Waals surface area contributed by atoms with Gasteiger partial charge in [-0.25, -0.2) is 4.98 Å². The lowest BCUT2D eigenvalue weighted by molar-refractivity contribution is 0.588. The fraction of sp³-hybridized carbons (Fsp3) is 0.286. The molecule has 1 aromatic heterocycles. The average Bonchev–Trinajstić information content (AvgIpc) is 2.37. The minimum Gasteiger partial charge on any atom is -0.339 e. The number of nitrogens with one attached hydrogen (secondary N) is 1. The summed E-state index contributed by atoms with van der Waals surface area (Å²) in [5, 5.41) is 4.19. The second-order valence-electron chi connectivity index (χ2n) is 5.22. The largest absolute Gasteiger partial charge is 0.339 e. The van der Waals surface area contributed by atoms with Gasteiger partial charge < -0.3 is 9.88 Å². The number of hydrogen-bond acceptors (Lipinski definition) is 4. The number of halogens is 2. The number of rotatable bonds is 3. The Balaban J connectivity index is 2.57. The molecule has 0 atom stereocenters. The first-order chi connectivity index (χ1) is 9.70. The molecular weight excluding hydrogens is 373 g/mol. The Bertz CT molecular complexity index is 745. The molecule has 1 N–H and O–H groups in total. The molecule has 0 aliphatic carbocycles. The second-order valence-corrected chi connectivity index (χ2v) is 9.56. The number of aryl methyl sites for hydroxylation is 1.